The second kappa shape index (κ2) is 41.4. The van der Waals surface area contributed by atoms with Gasteiger partial charge in [0.2, 0.25) is 0 Å². The molecule has 750 valence electrons. The van der Waals surface area contributed by atoms with Crippen LogP contribution in [-0.2, 0) is 0 Å². The average molecular weight is 1790 g/mol. The van der Waals surface area contributed by atoms with Gasteiger partial charge in [0.05, 0.1) is 0 Å². The Bertz CT molecular complexity index is 3470. The van der Waals surface area contributed by atoms with Crippen LogP contribution in [0.2, 0.25) is 0 Å². The monoisotopic (exact) mass is 1790 g/mol. The molecule has 26 rings (SSSR count). The lowest BCUT2D eigenvalue weighted by Gasteiger charge is -2.47. The Hall–Kier alpha value is 0. The Labute approximate surface area is 814 Å². The molecule has 0 N–H and O–H groups in total. The molecule has 26 saturated carbocycles. The highest BCUT2D eigenvalue weighted by Crippen LogP contribution is 2.76. The predicted octanol–water partition coefficient (Wildman–Crippen LogP) is 40.7. The molecule has 0 aromatic rings. The molecule has 0 radical (unpaired) electrons. The molecule has 0 amide bonds. The Balaban J connectivity index is 0.000000105. The molecule has 26 aliphatic carbocycles. The summed E-state index contributed by atoms with van der Waals surface area (Å²) < 4.78 is 0. The van der Waals surface area contributed by atoms with Crippen LogP contribution in [0, 0.1) is 255 Å². The third-order valence-electron chi connectivity index (χ3n) is 50.8. The summed E-state index contributed by atoms with van der Waals surface area (Å²) in [5, 5.41) is 0. The van der Waals surface area contributed by atoms with Crippen molar-refractivity contribution >= 4 is 0 Å². The summed E-state index contributed by atoms with van der Waals surface area (Å²) in [6.07, 6.45) is 93.1. The molecule has 0 nitrogen and oxygen atoms in total. The van der Waals surface area contributed by atoms with E-state index in [1.807, 2.05) is 0 Å². The molecule has 34 unspecified atom stereocenters. The zero-order chi connectivity index (χ0) is 92.7. The van der Waals surface area contributed by atoms with E-state index in [-0.39, 0.29) is 0 Å². The summed E-state index contributed by atoms with van der Waals surface area (Å²) in [6.45, 7) is 61.6. The highest BCUT2D eigenvalue weighted by atomic mass is 14.7. The number of fused-ring (bicyclic) bond motifs is 37. The molecule has 26 aliphatic rings. The molecular formula is C130H230. The van der Waals surface area contributed by atoms with E-state index in [4.69, 9.17) is 0 Å². The van der Waals surface area contributed by atoms with Crippen molar-refractivity contribution in [3.05, 3.63) is 0 Å². The van der Waals surface area contributed by atoms with Gasteiger partial charge in [-0.1, -0.05) is 334 Å². The fourth-order valence-corrected chi connectivity index (χ4v) is 42.5. The zero-order valence-electron chi connectivity index (χ0n) is 92.7. The first-order chi connectivity index (χ1) is 61.4. The Morgan fingerprint density at radius 2 is 0.615 bits per heavy atom. The zero-order valence-corrected chi connectivity index (χ0v) is 92.7. The van der Waals surface area contributed by atoms with Crippen molar-refractivity contribution in [2.24, 2.45) is 255 Å². The quantitative estimate of drug-likeness (QED) is 0.194. The van der Waals surface area contributed by atoms with E-state index in [0.29, 0.717) is 54.1 Å². The number of rotatable bonds is 4. The lowest BCUT2D eigenvalue weighted by Crippen LogP contribution is -2.41. The SMILES string of the molecule is CC(C)C1(C)CC2CC1C1C3CCC(C3)C21.CC(C)C1(C)CC2CCC1C2.CC(C)C1(C)CCC2CCCCC2C1.CC1(C)CC2CC1C1C3CCC(C3)C21.CC1(C)CC2CC1C1CCCC21.CC1(C)CCC2CCCCC2C1.CC1(C)CCCC1.CC1(C)CCCC2CCCCC21.CC1(C)CCCCC1.CC1(C)CCCCCC1.CCC1(C)CC2CC1C1C3CCC(C3)C21. The van der Waals surface area contributed by atoms with Gasteiger partial charge in [-0.15, -0.1) is 0 Å². The summed E-state index contributed by atoms with van der Waals surface area (Å²) in [4.78, 5) is 0. The second-order valence-corrected chi connectivity index (χ2v) is 62.6. The molecule has 0 aliphatic heterocycles. The first kappa shape index (κ1) is 103. The lowest BCUT2D eigenvalue weighted by molar-refractivity contribution is 0.0145. The summed E-state index contributed by atoms with van der Waals surface area (Å²) in [5.41, 5.74) is 7.61. The van der Waals surface area contributed by atoms with Gasteiger partial charge in [-0.25, -0.2) is 0 Å². The van der Waals surface area contributed by atoms with E-state index in [1.54, 1.807) is 148 Å². The standard InChI is InChI=1S/C16H26.C15H24.C14H22.C14H26.C12H20.2C12H22.C11H20.C9H18.C8H16.C7H14/c1-9(2)16(3)8-12-7-13(16)15-11-5-4-10(6-11)14(12)15;1-3-15(2)8-11-7-12(15)14-10-5-4-9(6-10)13(11)14;1-14(2)7-10-6-11(14)13-9-4-3-8(5-9)12(10)13;1-11(2)14(3)9-8-12-6-4-5-7-13(12)10-14;1-12(2)7-8-6-11(12)10-5-3-4-9(8)10;1-12(2)9-5-7-10-6-3-4-8-11(10)12;1-12(2)8-7-10-5-3-4-6-11(10)9-12;1-8(2)11(3)7-9-4-5-10(11)6-9;1-9(2)7-5-3-4-6-8-9;1-8(2)6-4-3-5-7-8;1-7(2)5-3-4-6-7/h9-15H,4-8H2,1-3H3;9-14H,3-8H2,1-2H3;8-13H,3-7H2,1-2H3;11-13H,4-10H2,1-3H3;8-11H,3-7H2,1-2H3;2*10-11H,3-9H2,1-2H3;8-10H,4-7H2,1-3H3;3-8H2,1-2H3;3-7H2,1-2H3;3-6H2,1-2H3. The highest BCUT2D eigenvalue weighted by molar-refractivity contribution is 5.18. The van der Waals surface area contributed by atoms with Gasteiger partial charge < -0.3 is 0 Å². The molecule has 16 bridgehead atoms. The normalized spacial score (nSPS) is 48.4. The van der Waals surface area contributed by atoms with Crippen LogP contribution in [-0.4, -0.2) is 0 Å². The fourth-order valence-electron chi connectivity index (χ4n) is 42.5. The molecule has 0 heterocycles. The van der Waals surface area contributed by atoms with Gasteiger partial charge in [0.15, 0.2) is 0 Å². The largest absolute Gasteiger partial charge is 0.0649 e. The van der Waals surface area contributed by atoms with Gasteiger partial charge in [-0.3, -0.25) is 0 Å². The smallest absolute Gasteiger partial charge is 0.0269 e. The predicted molar refractivity (Wildman–Crippen MR) is 565 cm³/mol. The third-order valence-corrected chi connectivity index (χ3v) is 50.8. The first-order valence-corrected chi connectivity index (χ1v) is 61.4. The Morgan fingerprint density at radius 1 is 0.208 bits per heavy atom. The molecule has 0 spiro atoms. The van der Waals surface area contributed by atoms with Crippen molar-refractivity contribution in [1.82, 2.24) is 0 Å². The van der Waals surface area contributed by atoms with Crippen LogP contribution >= 0.6 is 0 Å². The molecule has 130 heavy (non-hydrogen) atoms. The molecule has 0 heteroatoms. The summed E-state index contributed by atoms with van der Waals surface area (Å²) in [5.74, 6) is 37.0. The second-order valence-electron chi connectivity index (χ2n) is 62.6. The van der Waals surface area contributed by atoms with Crippen molar-refractivity contribution in [1.29, 1.82) is 0 Å². The molecule has 34 atom stereocenters. The summed E-state index contributed by atoms with van der Waals surface area (Å²) in [7, 11) is 0. The van der Waals surface area contributed by atoms with E-state index in [0.717, 1.165) is 130 Å². The van der Waals surface area contributed by atoms with Crippen molar-refractivity contribution in [2.75, 3.05) is 0 Å². The van der Waals surface area contributed by atoms with Gasteiger partial charge in [0.25, 0.3) is 0 Å². The van der Waals surface area contributed by atoms with Crippen LogP contribution in [0.3, 0.4) is 0 Å². The van der Waals surface area contributed by atoms with E-state index in [2.05, 4.69) is 173 Å². The lowest BCUT2D eigenvalue weighted by atomic mass is 9.58. The summed E-state index contributed by atoms with van der Waals surface area (Å²) in [6, 6.07) is 0. The summed E-state index contributed by atoms with van der Waals surface area (Å²) >= 11 is 0. The topological polar surface area (TPSA) is 0 Å². The van der Waals surface area contributed by atoms with Gasteiger partial charge in [0.1, 0.15) is 0 Å². The number of hydrogen-bond acceptors (Lipinski definition) is 0. The maximum absolute atomic E-state index is 2.62. The van der Waals surface area contributed by atoms with Crippen LogP contribution < -0.4 is 0 Å². The average Bonchev–Trinajstić information content (AvgIpc) is 1.55. The third kappa shape index (κ3) is 22.3. The molecular weight excluding hydrogens is 1560 g/mol. The minimum atomic E-state index is 0.663. The minimum Gasteiger partial charge on any atom is -0.0649 e. The van der Waals surface area contributed by atoms with Crippen molar-refractivity contribution in [3.8, 4) is 0 Å². The van der Waals surface area contributed by atoms with Crippen LogP contribution in [0.5, 0.6) is 0 Å². The van der Waals surface area contributed by atoms with Gasteiger partial charge >= 0.3 is 0 Å². The molecule has 0 aromatic heterocycles. The molecule has 26 fully saturated rings. The molecule has 0 saturated heterocycles. The maximum Gasteiger partial charge on any atom is -0.0269 e. The Morgan fingerprint density at radius 3 is 1.10 bits per heavy atom. The highest BCUT2D eigenvalue weighted by Gasteiger charge is 2.69. The van der Waals surface area contributed by atoms with E-state index in [9.17, 15) is 0 Å². The number of hydrogen-bond donors (Lipinski definition) is 0. The minimum absolute atomic E-state index is 0.663. The first-order valence-electron chi connectivity index (χ1n) is 61.4. The van der Waals surface area contributed by atoms with Crippen molar-refractivity contribution in [3.63, 3.8) is 0 Å². The van der Waals surface area contributed by atoms with E-state index < -0.39 is 0 Å². The van der Waals surface area contributed by atoms with Crippen LogP contribution in [0.25, 0.3) is 0 Å². The van der Waals surface area contributed by atoms with Crippen LogP contribution in [0.1, 0.15) is 565 Å². The fraction of sp³-hybridized carbons (Fsp3) is 1.00. The van der Waals surface area contributed by atoms with Gasteiger partial charge in [-0.2, -0.15) is 0 Å². The van der Waals surface area contributed by atoms with E-state index in [1.165, 1.54) is 315 Å². The van der Waals surface area contributed by atoms with Gasteiger partial charge in [0, 0.05) is 0 Å². The van der Waals surface area contributed by atoms with Crippen LogP contribution in [0.15, 0.2) is 0 Å². The van der Waals surface area contributed by atoms with E-state index >= 15 is 0 Å². The van der Waals surface area contributed by atoms with Crippen molar-refractivity contribution in [2.45, 2.75) is 565 Å². The molecule has 0 aromatic carbocycles. The maximum atomic E-state index is 2.62. The Kier molecular flexibility index (Phi) is 32.8. The van der Waals surface area contributed by atoms with Gasteiger partial charge in [-0.05, 0) is 486 Å². The van der Waals surface area contributed by atoms with Crippen molar-refractivity contribution < 1.29 is 0 Å². The van der Waals surface area contributed by atoms with Crippen LogP contribution in [0.4, 0.5) is 0 Å².